The Morgan fingerprint density at radius 2 is 1.87 bits per heavy atom. The molecule has 0 saturated heterocycles. The van der Waals surface area contributed by atoms with Crippen molar-refractivity contribution in [2.45, 2.75) is 5.00 Å². The Bertz CT molecular complexity index is 252. The Morgan fingerprint density at radius 3 is 2.20 bits per heavy atom. The average Bonchev–Trinajstić information content (AvgIpc) is 2.13. The molecule has 1 atom stereocenters. The van der Waals surface area contributed by atoms with Crippen molar-refractivity contribution in [3.05, 3.63) is 23.4 Å². The first-order valence-corrected chi connectivity index (χ1v) is 5.29. The number of hydrogen-bond donors (Lipinski definition) is 1. The number of aliphatic hydroxyl groups is 1. The van der Waals surface area contributed by atoms with Crippen molar-refractivity contribution >= 4 is 23.2 Å². The second-order valence-electron chi connectivity index (χ2n) is 3.70. The van der Waals surface area contributed by atoms with Gasteiger partial charge in [0.05, 0.1) is 11.3 Å². The lowest BCUT2D eigenvalue weighted by molar-refractivity contribution is 0.338. The minimum atomic E-state index is -0.980. The molecular weight excluding hydrogens is 235 g/mol. The Labute approximate surface area is 102 Å². The number of aliphatic hydroxyl groups excluding tert-OH is 1. The van der Waals surface area contributed by atoms with E-state index in [4.69, 9.17) is 28.3 Å². The Kier molecular flexibility index (Phi) is 6.29. The van der Waals surface area contributed by atoms with Crippen LogP contribution in [0.2, 0.25) is 0 Å². The average molecular weight is 253 g/mol. The minimum Gasteiger partial charge on any atom is -0.516 e. The predicted octanol–water partition coefficient (Wildman–Crippen LogP) is 2.24. The summed E-state index contributed by atoms with van der Waals surface area (Å²) < 4.78 is 0. The number of halogens is 2. The van der Waals surface area contributed by atoms with E-state index in [0.717, 1.165) is 6.26 Å². The first-order chi connectivity index (χ1) is 6.84. The highest BCUT2D eigenvalue weighted by Gasteiger charge is 2.30. The maximum absolute atomic E-state index is 8.79. The fourth-order valence-electron chi connectivity index (χ4n) is 0.947. The third kappa shape index (κ3) is 4.43. The SMILES string of the molecule is CN(C)CC=C(Cl)C(Cl)(C=CO)N(C)C. The van der Waals surface area contributed by atoms with Crippen molar-refractivity contribution in [2.75, 3.05) is 34.7 Å². The summed E-state index contributed by atoms with van der Waals surface area (Å²) in [5.41, 5.74) is 0. The van der Waals surface area contributed by atoms with E-state index in [1.807, 2.05) is 25.1 Å². The van der Waals surface area contributed by atoms with Gasteiger partial charge in [0.1, 0.15) is 0 Å². The second-order valence-corrected chi connectivity index (χ2v) is 4.68. The van der Waals surface area contributed by atoms with Crippen molar-refractivity contribution in [1.29, 1.82) is 0 Å². The summed E-state index contributed by atoms with van der Waals surface area (Å²) in [6.45, 7) is 0.695. The van der Waals surface area contributed by atoms with Gasteiger partial charge in [-0.1, -0.05) is 29.3 Å². The molecule has 5 heteroatoms. The van der Waals surface area contributed by atoms with E-state index in [1.54, 1.807) is 19.0 Å². The Morgan fingerprint density at radius 1 is 1.33 bits per heavy atom. The fraction of sp³-hybridized carbons (Fsp3) is 0.600. The first kappa shape index (κ1) is 14.8. The van der Waals surface area contributed by atoms with Crippen LogP contribution >= 0.6 is 23.2 Å². The van der Waals surface area contributed by atoms with Crippen molar-refractivity contribution in [3.63, 3.8) is 0 Å². The lowest BCUT2D eigenvalue weighted by Crippen LogP contribution is -2.37. The van der Waals surface area contributed by atoms with Crippen LogP contribution in [0, 0.1) is 0 Å². The molecule has 0 heterocycles. The maximum Gasteiger partial charge on any atom is 0.153 e. The lowest BCUT2D eigenvalue weighted by Gasteiger charge is -2.30. The van der Waals surface area contributed by atoms with E-state index in [1.165, 1.54) is 6.08 Å². The highest BCUT2D eigenvalue weighted by atomic mass is 35.5. The molecule has 0 aromatic carbocycles. The molecule has 0 spiro atoms. The Hall–Kier alpha value is -0.220. The number of rotatable bonds is 5. The molecule has 88 valence electrons. The molecule has 0 bridgehead atoms. The highest BCUT2D eigenvalue weighted by Crippen LogP contribution is 2.31. The van der Waals surface area contributed by atoms with Crippen LogP contribution in [0.15, 0.2) is 23.4 Å². The van der Waals surface area contributed by atoms with Crippen LogP contribution in [-0.2, 0) is 0 Å². The summed E-state index contributed by atoms with van der Waals surface area (Å²) >= 11 is 12.4. The van der Waals surface area contributed by atoms with Crippen molar-refractivity contribution in [2.24, 2.45) is 0 Å². The number of nitrogens with zero attached hydrogens (tertiary/aromatic N) is 2. The summed E-state index contributed by atoms with van der Waals surface area (Å²) in [4.78, 5) is 2.71. The third-order valence-electron chi connectivity index (χ3n) is 1.92. The lowest BCUT2D eigenvalue weighted by atomic mass is 10.2. The summed E-state index contributed by atoms with van der Waals surface area (Å²) in [7, 11) is 7.46. The van der Waals surface area contributed by atoms with Gasteiger partial charge < -0.3 is 10.0 Å². The van der Waals surface area contributed by atoms with Crippen molar-refractivity contribution in [3.8, 4) is 0 Å². The van der Waals surface area contributed by atoms with Gasteiger partial charge in [0.15, 0.2) is 5.00 Å². The monoisotopic (exact) mass is 252 g/mol. The van der Waals surface area contributed by atoms with Gasteiger partial charge in [-0.2, -0.15) is 0 Å². The van der Waals surface area contributed by atoms with E-state index in [2.05, 4.69) is 0 Å². The number of alkyl halides is 1. The molecule has 0 aromatic rings. The second kappa shape index (κ2) is 6.38. The standard InChI is InChI=1S/C10H18Cl2N2O/c1-13(2)7-5-9(11)10(12,6-8-15)14(3)4/h5-6,8,15H,7H2,1-4H3. The van der Waals surface area contributed by atoms with Gasteiger partial charge >= 0.3 is 0 Å². The van der Waals surface area contributed by atoms with Gasteiger partial charge in [-0.3, -0.25) is 4.90 Å². The Balaban J connectivity index is 4.85. The zero-order chi connectivity index (χ0) is 12.1. The quantitative estimate of drug-likeness (QED) is 0.462. The summed E-state index contributed by atoms with van der Waals surface area (Å²) in [6, 6.07) is 0. The molecule has 0 aliphatic heterocycles. The molecule has 0 radical (unpaired) electrons. The molecular formula is C10H18Cl2N2O. The molecule has 0 fully saturated rings. The smallest absolute Gasteiger partial charge is 0.153 e. The zero-order valence-corrected chi connectivity index (χ0v) is 11.0. The normalized spacial score (nSPS) is 17.7. The topological polar surface area (TPSA) is 26.7 Å². The van der Waals surface area contributed by atoms with Crippen LogP contribution in [0.5, 0.6) is 0 Å². The largest absolute Gasteiger partial charge is 0.516 e. The third-order valence-corrected chi connectivity index (χ3v) is 3.12. The van der Waals surface area contributed by atoms with Gasteiger partial charge in [-0.25, -0.2) is 0 Å². The van der Waals surface area contributed by atoms with Crippen LogP contribution in [0.3, 0.4) is 0 Å². The van der Waals surface area contributed by atoms with Gasteiger partial charge in [0, 0.05) is 6.54 Å². The molecule has 1 N–H and O–H groups in total. The molecule has 3 nitrogen and oxygen atoms in total. The van der Waals surface area contributed by atoms with Gasteiger partial charge in [0.2, 0.25) is 0 Å². The first-order valence-electron chi connectivity index (χ1n) is 4.53. The summed E-state index contributed by atoms with van der Waals surface area (Å²) in [5, 5.41) is 9.26. The minimum absolute atomic E-state index is 0.466. The van der Waals surface area contributed by atoms with E-state index in [0.29, 0.717) is 11.6 Å². The van der Waals surface area contributed by atoms with Gasteiger partial charge in [-0.05, 0) is 34.3 Å². The molecule has 0 rings (SSSR count). The van der Waals surface area contributed by atoms with Crippen LogP contribution in [0.4, 0.5) is 0 Å². The van der Waals surface area contributed by atoms with E-state index in [-0.39, 0.29) is 0 Å². The number of likely N-dealkylation sites (N-methyl/N-ethyl adjacent to an activating group) is 2. The highest BCUT2D eigenvalue weighted by molar-refractivity contribution is 6.40. The van der Waals surface area contributed by atoms with Crippen molar-refractivity contribution in [1.82, 2.24) is 9.80 Å². The summed E-state index contributed by atoms with van der Waals surface area (Å²) in [5.74, 6) is 0. The van der Waals surface area contributed by atoms with Crippen LogP contribution in [0.1, 0.15) is 0 Å². The van der Waals surface area contributed by atoms with Crippen LogP contribution < -0.4 is 0 Å². The molecule has 0 amide bonds. The van der Waals surface area contributed by atoms with Crippen LogP contribution in [-0.4, -0.2) is 54.6 Å². The molecule has 15 heavy (non-hydrogen) atoms. The molecule has 0 aliphatic carbocycles. The number of hydrogen-bond acceptors (Lipinski definition) is 3. The molecule has 0 aliphatic rings. The zero-order valence-electron chi connectivity index (χ0n) is 9.54. The van der Waals surface area contributed by atoms with E-state index >= 15 is 0 Å². The molecule has 0 saturated carbocycles. The summed E-state index contributed by atoms with van der Waals surface area (Å²) in [6.07, 6.45) is 4.15. The van der Waals surface area contributed by atoms with E-state index in [9.17, 15) is 0 Å². The van der Waals surface area contributed by atoms with E-state index < -0.39 is 5.00 Å². The van der Waals surface area contributed by atoms with Crippen LogP contribution in [0.25, 0.3) is 0 Å². The van der Waals surface area contributed by atoms with Gasteiger partial charge in [0.25, 0.3) is 0 Å². The molecule has 0 aromatic heterocycles. The van der Waals surface area contributed by atoms with Crippen molar-refractivity contribution < 1.29 is 5.11 Å². The fourth-order valence-corrected chi connectivity index (χ4v) is 1.38. The predicted molar refractivity (Wildman–Crippen MR) is 66.5 cm³/mol. The van der Waals surface area contributed by atoms with Gasteiger partial charge in [-0.15, -0.1) is 0 Å². The molecule has 1 unspecified atom stereocenters. The maximum atomic E-state index is 8.79.